The first-order valence-electron chi connectivity index (χ1n) is 11.8. The van der Waals surface area contributed by atoms with Crippen LogP contribution in [0.15, 0.2) is 30.3 Å². The molecule has 2 aliphatic carbocycles. The number of hydrogen-bond acceptors (Lipinski definition) is 1. The lowest BCUT2D eigenvalue weighted by molar-refractivity contribution is -0.274. The topological polar surface area (TPSA) is 9.23 Å². The molecule has 0 heterocycles. The van der Waals surface area contributed by atoms with Crippen LogP contribution in [0.4, 0.5) is 17.6 Å². The van der Waals surface area contributed by atoms with Gasteiger partial charge in [-0.1, -0.05) is 57.2 Å². The Morgan fingerprint density at radius 1 is 0.935 bits per heavy atom. The minimum absolute atomic E-state index is 0.295. The molecule has 0 aromatic heterocycles. The third-order valence-corrected chi connectivity index (χ3v) is 7.54. The Balaban J connectivity index is 1.45. The van der Waals surface area contributed by atoms with Crippen molar-refractivity contribution in [2.75, 3.05) is 0 Å². The monoisotopic (exact) mass is 436 g/mol. The SMILES string of the molecule is CCCCCC1CCC2CC(c3ccc4c(OC(F)(F)F)cc(F)cc4c3)CCC2C1. The summed E-state index contributed by atoms with van der Waals surface area (Å²) in [6.45, 7) is 2.25. The van der Waals surface area contributed by atoms with E-state index in [1.807, 2.05) is 12.1 Å². The van der Waals surface area contributed by atoms with E-state index in [-0.39, 0.29) is 0 Å². The highest BCUT2D eigenvalue weighted by Gasteiger charge is 2.36. The van der Waals surface area contributed by atoms with E-state index in [4.69, 9.17) is 0 Å². The van der Waals surface area contributed by atoms with E-state index in [2.05, 4.69) is 11.7 Å². The standard InChI is InChI=1S/C26H32F4O/c1-2-3-4-5-17-6-7-19-13-20(9-8-18(19)12-17)21-10-11-24-22(14-21)15-23(27)16-25(24)31-26(28,29)30/h10-11,14-20H,2-9,12-13H2,1H3. The van der Waals surface area contributed by atoms with Crippen molar-refractivity contribution in [1.82, 2.24) is 0 Å². The van der Waals surface area contributed by atoms with E-state index in [0.29, 0.717) is 16.7 Å². The average molecular weight is 437 g/mol. The van der Waals surface area contributed by atoms with Gasteiger partial charge in [-0.25, -0.2) is 4.39 Å². The molecule has 0 amide bonds. The molecule has 1 nitrogen and oxygen atoms in total. The Kier molecular flexibility index (Phi) is 6.78. The van der Waals surface area contributed by atoms with Gasteiger partial charge in [-0.05, 0) is 72.8 Å². The second-order valence-corrected chi connectivity index (χ2v) is 9.64. The van der Waals surface area contributed by atoms with Crippen LogP contribution >= 0.6 is 0 Å². The van der Waals surface area contributed by atoms with Crippen LogP contribution < -0.4 is 4.74 Å². The van der Waals surface area contributed by atoms with Gasteiger partial charge in [0.1, 0.15) is 11.6 Å². The lowest BCUT2D eigenvalue weighted by Crippen LogP contribution is -2.30. The molecule has 2 saturated carbocycles. The number of ether oxygens (including phenoxy) is 1. The summed E-state index contributed by atoms with van der Waals surface area (Å²) >= 11 is 0. The van der Waals surface area contributed by atoms with Crippen molar-refractivity contribution in [3.63, 3.8) is 0 Å². The molecule has 2 aliphatic rings. The Morgan fingerprint density at radius 3 is 2.48 bits per heavy atom. The van der Waals surface area contributed by atoms with Crippen LogP contribution in [0.2, 0.25) is 0 Å². The molecular weight excluding hydrogens is 404 g/mol. The van der Waals surface area contributed by atoms with Crippen LogP contribution in [0.25, 0.3) is 10.8 Å². The molecule has 4 atom stereocenters. The Hall–Kier alpha value is -1.78. The van der Waals surface area contributed by atoms with Crippen LogP contribution in [-0.4, -0.2) is 6.36 Å². The largest absolute Gasteiger partial charge is 0.573 e. The molecule has 0 N–H and O–H groups in total. The van der Waals surface area contributed by atoms with E-state index in [1.54, 1.807) is 6.07 Å². The second-order valence-electron chi connectivity index (χ2n) is 9.64. The third kappa shape index (κ3) is 5.53. The number of halogens is 4. The molecule has 2 aromatic carbocycles. The lowest BCUT2D eigenvalue weighted by Gasteiger charge is -2.42. The zero-order valence-corrected chi connectivity index (χ0v) is 18.2. The molecule has 0 aliphatic heterocycles. The fourth-order valence-electron chi connectivity index (χ4n) is 6.02. The molecule has 170 valence electrons. The maximum Gasteiger partial charge on any atom is 0.573 e. The van der Waals surface area contributed by atoms with Gasteiger partial charge in [0, 0.05) is 11.5 Å². The van der Waals surface area contributed by atoms with Crippen molar-refractivity contribution in [1.29, 1.82) is 0 Å². The number of unbranched alkanes of at least 4 members (excludes halogenated alkanes) is 2. The van der Waals surface area contributed by atoms with Gasteiger partial charge in [-0.15, -0.1) is 13.2 Å². The van der Waals surface area contributed by atoms with Crippen LogP contribution in [0, 0.1) is 23.6 Å². The predicted octanol–water partition coefficient (Wildman–Crippen LogP) is 8.76. The van der Waals surface area contributed by atoms with Crippen molar-refractivity contribution < 1.29 is 22.3 Å². The summed E-state index contributed by atoms with van der Waals surface area (Å²) in [5.74, 6) is 1.67. The molecule has 4 rings (SSSR count). The summed E-state index contributed by atoms with van der Waals surface area (Å²) in [4.78, 5) is 0. The summed E-state index contributed by atoms with van der Waals surface area (Å²) in [5, 5.41) is 0.766. The minimum atomic E-state index is -4.84. The summed E-state index contributed by atoms with van der Waals surface area (Å²) < 4.78 is 56.1. The molecule has 0 radical (unpaired) electrons. The first-order valence-corrected chi connectivity index (χ1v) is 11.8. The zero-order valence-electron chi connectivity index (χ0n) is 18.2. The van der Waals surface area contributed by atoms with Crippen molar-refractivity contribution in [2.45, 2.75) is 83.4 Å². The van der Waals surface area contributed by atoms with Gasteiger partial charge in [0.05, 0.1) is 0 Å². The molecule has 5 heteroatoms. The molecule has 2 aromatic rings. The van der Waals surface area contributed by atoms with Gasteiger partial charge in [0.25, 0.3) is 0 Å². The molecule has 2 fully saturated rings. The van der Waals surface area contributed by atoms with Crippen LogP contribution in [0.5, 0.6) is 5.75 Å². The summed E-state index contributed by atoms with van der Waals surface area (Å²) in [6, 6.07) is 7.53. The van der Waals surface area contributed by atoms with Crippen molar-refractivity contribution in [2.24, 2.45) is 17.8 Å². The molecule has 0 saturated heterocycles. The minimum Gasteiger partial charge on any atom is -0.405 e. The molecular formula is C26H32F4O. The number of rotatable bonds is 6. The van der Waals surface area contributed by atoms with Crippen LogP contribution in [0.1, 0.15) is 82.6 Å². The van der Waals surface area contributed by atoms with Gasteiger partial charge < -0.3 is 4.74 Å². The predicted molar refractivity (Wildman–Crippen MR) is 116 cm³/mol. The van der Waals surface area contributed by atoms with Crippen molar-refractivity contribution in [3.8, 4) is 5.75 Å². The van der Waals surface area contributed by atoms with E-state index in [0.717, 1.165) is 42.2 Å². The Labute approximate surface area is 182 Å². The van der Waals surface area contributed by atoms with Gasteiger partial charge >= 0.3 is 6.36 Å². The summed E-state index contributed by atoms with van der Waals surface area (Å²) in [6.07, 6.45) is 7.97. The summed E-state index contributed by atoms with van der Waals surface area (Å²) in [7, 11) is 0. The summed E-state index contributed by atoms with van der Waals surface area (Å²) in [5.41, 5.74) is 1.11. The molecule has 0 spiro atoms. The first kappa shape index (κ1) is 22.4. The third-order valence-electron chi connectivity index (χ3n) is 7.54. The molecule has 0 bridgehead atoms. The lowest BCUT2D eigenvalue weighted by atomic mass is 9.63. The second kappa shape index (κ2) is 9.38. The van der Waals surface area contributed by atoms with Gasteiger partial charge in [0.15, 0.2) is 0 Å². The average Bonchev–Trinajstić information content (AvgIpc) is 2.72. The quantitative estimate of drug-likeness (QED) is 0.325. The number of fused-ring (bicyclic) bond motifs is 2. The highest BCUT2D eigenvalue weighted by molar-refractivity contribution is 5.89. The van der Waals surface area contributed by atoms with E-state index in [9.17, 15) is 17.6 Å². The molecule has 31 heavy (non-hydrogen) atoms. The van der Waals surface area contributed by atoms with Crippen molar-refractivity contribution in [3.05, 3.63) is 41.7 Å². The normalized spacial score (nSPS) is 26.6. The molecule has 4 unspecified atom stereocenters. The maximum absolute atomic E-state index is 14.0. The maximum atomic E-state index is 14.0. The zero-order chi connectivity index (χ0) is 22.0. The number of alkyl halides is 3. The van der Waals surface area contributed by atoms with E-state index in [1.165, 1.54) is 57.4 Å². The van der Waals surface area contributed by atoms with Gasteiger partial charge in [0.2, 0.25) is 0 Å². The fourth-order valence-corrected chi connectivity index (χ4v) is 6.02. The fraction of sp³-hybridized carbons (Fsp3) is 0.615. The van der Waals surface area contributed by atoms with E-state index < -0.39 is 17.9 Å². The van der Waals surface area contributed by atoms with Gasteiger partial charge in [-0.2, -0.15) is 0 Å². The van der Waals surface area contributed by atoms with Crippen LogP contribution in [0.3, 0.4) is 0 Å². The Morgan fingerprint density at radius 2 is 1.71 bits per heavy atom. The van der Waals surface area contributed by atoms with Gasteiger partial charge in [-0.3, -0.25) is 0 Å². The van der Waals surface area contributed by atoms with E-state index >= 15 is 0 Å². The van der Waals surface area contributed by atoms with Crippen molar-refractivity contribution >= 4 is 10.8 Å². The van der Waals surface area contributed by atoms with Crippen LogP contribution in [-0.2, 0) is 0 Å². The Bertz CT molecular complexity index is 891. The smallest absolute Gasteiger partial charge is 0.405 e. The number of hydrogen-bond donors (Lipinski definition) is 0. The highest BCUT2D eigenvalue weighted by Crippen LogP contribution is 2.49. The first-order chi connectivity index (χ1) is 14.8. The number of benzene rings is 2. The highest BCUT2D eigenvalue weighted by atomic mass is 19.4.